The molecule has 212 valence electrons. The molecule has 0 spiro atoms. The molecule has 5 amide bonds. The Morgan fingerprint density at radius 2 is 1.46 bits per heavy atom. The fourth-order valence-electron chi connectivity index (χ4n) is 3.77. The Morgan fingerprint density at radius 3 is 2.08 bits per heavy atom. The second kappa shape index (κ2) is 14.7. The first kappa shape index (κ1) is 31.1. The first-order valence-corrected chi connectivity index (χ1v) is 13.3. The van der Waals surface area contributed by atoms with Crippen LogP contribution in [-0.4, -0.2) is 81.8 Å². The lowest BCUT2D eigenvalue weighted by molar-refractivity contribution is -0.143. The van der Waals surface area contributed by atoms with Gasteiger partial charge in [0.2, 0.25) is 29.5 Å². The summed E-state index contributed by atoms with van der Waals surface area (Å²) in [5, 5.41) is 17.2. The van der Waals surface area contributed by atoms with Crippen molar-refractivity contribution in [3.05, 3.63) is 36.0 Å². The number of carboxylic acid groups (broad SMARTS) is 1. The number of aromatic nitrogens is 1. The highest BCUT2D eigenvalue weighted by Crippen LogP contribution is 2.18. The number of benzene rings is 1. The van der Waals surface area contributed by atoms with Gasteiger partial charge in [0.15, 0.2) is 0 Å². The maximum atomic E-state index is 13.0. The molecule has 14 nitrogen and oxygen atoms in total. The number of H-pyrrole nitrogens is 1. The highest BCUT2D eigenvalue weighted by Gasteiger charge is 2.31. The van der Waals surface area contributed by atoms with Gasteiger partial charge in [0.1, 0.15) is 18.1 Å². The van der Waals surface area contributed by atoms with E-state index < -0.39 is 72.5 Å². The molecule has 4 atom stereocenters. The molecular weight excluding hydrogens is 530 g/mol. The van der Waals surface area contributed by atoms with Gasteiger partial charge in [0, 0.05) is 17.1 Å². The van der Waals surface area contributed by atoms with Gasteiger partial charge in [-0.1, -0.05) is 18.2 Å². The molecule has 11 N–H and O–H groups in total. The zero-order valence-electron chi connectivity index (χ0n) is 21.3. The summed E-state index contributed by atoms with van der Waals surface area (Å²) in [5.74, 6) is -5.43. The molecule has 0 bridgehead atoms. The van der Waals surface area contributed by atoms with E-state index in [0.29, 0.717) is 5.75 Å². The fraction of sp³-hybridized carbons (Fsp3) is 0.417. The summed E-state index contributed by atoms with van der Waals surface area (Å²) < 4.78 is 0. The van der Waals surface area contributed by atoms with E-state index in [0.717, 1.165) is 16.5 Å². The molecule has 1 aromatic carbocycles. The number of aliphatic carboxylic acids is 1. The number of thioether (sulfide) groups is 1. The molecule has 39 heavy (non-hydrogen) atoms. The second-order valence-corrected chi connectivity index (χ2v) is 9.80. The van der Waals surface area contributed by atoms with Gasteiger partial charge in [0.25, 0.3) is 0 Å². The summed E-state index contributed by atoms with van der Waals surface area (Å²) in [5.41, 5.74) is 18.0. The average molecular weight is 564 g/mol. The van der Waals surface area contributed by atoms with E-state index in [9.17, 15) is 33.9 Å². The SMILES string of the molecule is CSCCC(NC(=O)C(CC(N)=O)NC(=O)C(N)Cc1c[nH]c2ccccc12)C(=O)NC(CC(N)=O)C(=O)O. The molecule has 0 fully saturated rings. The highest BCUT2D eigenvalue weighted by atomic mass is 32.2. The number of amides is 5. The summed E-state index contributed by atoms with van der Waals surface area (Å²) >= 11 is 1.36. The molecule has 0 aliphatic rings. The first-order chi connectivity index (χ1) is 18.4. The van der Waals surface area contributed by atoms with Crippen molar-refractivity contribution in [1.82, 2.24) is 20.9 Å². The Bertz CT molecular complexity index is 1220. The van der Waals surface area contributed by atoms with Crippen LogP contribution in [0.15, 0.2) is 30.5 Å². The molecule has 0 aliphatic carbocycles. The third-order valence-corrected chi connectivity index (χ3v) is 6.40. The van der Waals surface area contributed by atoms with Crippen molar-refractivity contribution in [3.63, 3.8) is 0 Å². The molecule has 0 radical (unpaired) electrons. The predicted octanol–water partition coefficient (Wildman–Crippen LogP) is -1.92. The van der Waals surface area contributed by atoms with Crippen molar-refractivity contribution < 1.29 is 33.9 Å². The lowest BCUT2D eigenvalue weighted by Crippen LogP contribution is -2.58. The van der Waals surface area contributed by atoms with Crippen molar-refractivity contribution in [2.45, 2.75) is 49.9 Å². The van der Waals surface area contributed by atoms with E-state index in [1.54, 1.807) is 12.5 Å². The van der Waals surface area contributed by atoms with Crippen molar-refractivity contribution >= 4 is 58.2 Å². The summed E-state index contributed by atoms with van der Waals surface area (Å²) in [6.45, 7) is 0. The van der Waals surface area contributed by atoms with Crippen LogP contribution in [0.25, 0.3) is 10.9 Å². The van der Waals surface area contributed by atoms with Crippen molar-refractivity contribution in [1.29, 1.82) is 0 Å². The molecule has 2 aromatic rings. The van der Waals surface area contributed by atoms with Crippen LogP contribution in [0.2, 0.25) is 0 Å². The smallest absolute Gasteiger partial charge is 0.326 e. The third-order valence-electron chi connectivity index (χ3n) is 5.75. The molecule has 1 aromatic heterocycles. The Kier molecular flexibility index (Phi) is 11.7. The van der Waals surface area contributed by atoms with Crippen LogP contribution in [0.4, 0.5) is 0 Å². The number of rotatable bonds is 16. The monoisotopic (exact) mass is 563 g/mol. The van der Waals surface area contributed by atoms with Gasteiger partial charge in [-0.15, -0.1) is 0 Å². The van der Waals surface area contributed by atoms with Crippen LogP contribution in [0.1, 0.15) is 24.8 Å². The number of nitrogens with two attached hydrogens (primary N) is 3. The number of carbonyl (C=O) groups excluding carboxylic acids is 5. The van der Waals surface area contributed by atoms with Gasteiger partial charge < -0.3 is 43.2 Å². The van der Waals surface area contributed by atoms with Gasteiger partial charge in [-0.2, -0.15) is 11.8 Å². The number of primary amides is 2. The topological polar surface area (TPSA) is 253 Å². The Balaban J connectivity index is 2.13. The first-order valence-electron chi connectivity index (χ1n) is 11.9. The summed E-state index contributed by atoms with van der Waals surface area (Å²) in [6.07, 6.45) is 2.47. The van der Waals surface area contributed by atoms with Crippen LogP contribution in [0.3, 0.4) is 0 Å². The van der Waals surface area contributed by atoms with Crippen molar-refractivity contribution in [2.24, 2.45) is 17.2 Å². The third kappa shape index (κ3) is 9.61. The second-order valence-electron chi connectivity index (χ2n) is 8.81. The quantitative estimate of drug-likeness (QED) is 0.113. The molecular formula is C24H33N7O7S. The number of hydrogen-bond donors (Lipinski definition) is 8. The number of aromatic amines is 1. The molecule has 0 saturated heterocycles. The minimum absolute atomic E-state index is 0.0823. The van der Waals surface area contributed by atoms with Crippen LogP contribution < -0.4 is 33.2 Å². The van der Waals surface area contributed by atoms with Crippen molar-refractivity contribution in [2.75, 3.05) is 12.0 Å². The van der Waals surface area contributed by atoms with Crippen LogP contribution in [0, 0.1) is 0 Å². The zero-order valence-corrected chi connectivity index (χ0v) is 22.1. The molecule has 0 saturated carbocycles. The summed E-state index contributed by atoms with van der Waals surface area (Å²) in [6, 6.07) is 2.06. The average Bonchev–Trinajstić information content (AvgIpc) is 3.27. The Hall–Kier alpha value is -4.11. The molecule has 15 heteroatoms. The standard InChI is InChI=1S/C24H33N7O7S/c1-39-7-6-16(22(35)31-18(24(37)38)10-20(27)33)29-23(36)17(9-19(26)32)30-21(34)14(25)8-12-11-28-15-5-3-2-4-13(12)15/h2-5,11,14,16-18,28H,6-10,25H2,1H3,(H2,26,32)(H2,27,33)(H,29,36)(H,30,34)(H,31,35)(H,37,38). The maximum absolute atomic E-state index is 13.0. The van der Waals surface area contributed by atoms with E-state index in [2.05, 4.69) is 20.9 Å². The van der Waals surface area contributed by atoms with Crippen LogP contribution in [-0.2, 0) is 35.2 Å². The van der Waals surface area contributed by atoms with Gasteiger partial charge in [-0.25, -0.2) is 4.79 Å². The predicted molar refractivity (Wildman–Crippen MR) is 144 cm³/mol. The highest BCUT2D eigenvalue weighted by molar-refractivity contribution is 7.98. The lowest BCUT2D eigenvalue weighted by Gasteiger charge is -2.24. The number of hydrogen-bond acceptors (Lipinski definition) is 8. The van der Waals surface area contributed by atoms with Gasteiger partial charge in [-0.05, 0) is 36.5 Å². The summed E-state index contributed by atoms with van der Waals surface area (Å²) in [7, 11) is 0. The number of carbonyl (C=O) groups is 6. The molecule has 1 heterocycles. The van der Waals surface area contributed by atoms with E-state index in [1.807, 2.05) is 24.3 Å². The van der Waals surface area contributed by atoms with Gasteiger partial charge >= 0.3 is 5.97 Å². The Morgan fingerprint density at radius 1 is 0.897 bits per heavy atom. The van der Waals surface area contributed by atoms with Crippen LogP contribution in [0.5, 0.6) is 0 Å². The normalized spacial score (nSPS) is 14.0. The minimum atomic E-state index is -1.60. The van der Waals surface area contributed by atoms with Gasteiger partial charge in [0.05, 0.1) is 18.9 Å². The maximum Gasteiger partial charge on any atom is 0.326 e. The number of carboxylic acids is 1. The number of para-hydroxylation sites is 1. The minimum Gasteiger partial charge on any atom is -0.480 e. The number of nitrogens with one attached hydrogen (secondary N) is 4. The number of fused-ring (bicyclic) bond motifs is 1. The zero-order chi connectivity index (χ0) is 29.1. The van der Waals surface area contributed by atoms with E-state index >= 15 is 0 Å². The Labute approximate surface area is 228 Å². The summed E-state index contributed by atoms with van der Waals surface area (Å²) in [4.78, 5) is 76.0. The van der Waals surface area contributed by atoms with E-state index in [1.165, 1.54) is 11.8 Å². The van der Waals surface area contributed by atoms with E-state index in [-0.39, 0.29) is 12.8 Å². The molecule has 2 rings (SSSR count). The molecule has 4 unspecified atom stereocenters. The largest absolute Gasteiger partial charge is 0.480 e. The van der Waals surface area contributed by atoms with Crippen LogP contribution >= 0.6 is 11.8 Å². The van der Waals surface area contributed by atoms with E-state index in [4.69, 9.17) is 17.2 Å². The fourth-order valence-corrected chi connectivity index (χ4v) is 4.24. The van der Waals surface area contributed by atoms with Crippen molar-refractivity contribution in [3.8, 4) is 0 Å². The lowest BCUT2D eigenvalue weighted by atomic mass is 10.0. The van der Waals surface area contributed by atoms with Gasteiger partial charge in [-0.3, -0.25) is 24.0 Å². The molecule has 0 aliphatic heterocycles.